The van der Waals surface area contributed by atoms with Crippen molar-refractivity contribution < 1.29 is 24.4 Å². The molecule has 0 amide bonds. The quantitative estimate of drug-likeness (QED) is 0.681. The lowest BCUT2D eigenvalue weighted by Gasteiger charge is -2.16. The van der Waals surface area contributed by atoms with Crippen LogP contribution < -0.4 is 4.74 Å². The lowest BCUT2D eigenvalue weighted by Crippen LogP contribution is -2.24. The standard InChI is InChI=1S/C14H21ClO5/c1-10(16)13-7-11(15)3-4-14(13)20-9-12(17)8-19-6-5-18-2/h3-4,7,10,12,16-17H,5-6,8-9H2,1-2H3. The van der Waals surface area contributed by atoms with Crippen LogP contribution in [0.5, 0.6) is 5.75 Å². The van der Waals surface area contributed by atoms with Gasteiger partial charge in [-0.05, 0) is 25.1 Å². The van der Waals surface area contributed by atoms with E-state index in [0.29, 0.717) is 29.5 Å². The molecule has 0 bridgehead atoms. The minimum atomic E-state index is -0.746. The third-order valence-corrected chi connectivity index (χ3v) is 2.83. The van der Waals surface area contributed by atoms with Gasteiger partial charge in [0, 0.05) is 17.7 Å². The van der Waals surface area contributed by atoms with Gasteiger partial charge in [0.25, 0.3) is 0 Å². The van der Waals surface area contributed by atoms with Gasteiger partial charge in [-0.25, -0.2) is 0 Å². The Morgan fingerprint density at radius 3 is 2.60 bits per heavy atom. The van der Waals surface area contributed by atoms with Crippen molar-refractivity contribution in [1.29, 1.82) is 0 Å². The molecule has 1 rings (SSSR count). The molecule has 2 N–H and O–H groups in total. The Hall–Kier alpha value is -0.850. The fourth-order valence-electron chi connectivity index (χ4n) is 1.57. The van der Waals surface area contributed by atoms with Crippen molar-refractivity contribution in [3.05, 3.63) is 28.8 Å². The molecule has 0 aliphatic carbocycles. The van der Waals surface area contributed by atoms with Gasteiger partial charge in [-0.3, -0.25) is 0 Å². The van der Waals surface area contributed by atoms with Gasteiger partial charge in [-0.15, -0.1) is 0 Å². The van der Waals surface area contributed by atoms with Crippen LogP contribution in [-0.2, 0) is 9.47 Å². The summed E-state index contributed by atoms with van der Waals surface area (Å²) in [7, 11) is 1.58. The number of aliphatic hydroxyl groups is 2. The van der Waals surface area contributed by atoms with Crippen molar-refractivity contribution >= 4 is 11.6 Å². The van der Waals surface area contributed by atoms with Gasteiger partial charge in [0.15, 0.2) is 0 Å². The summed E-state index contributed by atoms with van der Waals surface area (Å²) >= 11 is 5.87. The van der Waals surface area contributed by atoms with Crippen LogP contribution in [0.15, 0.2) is 18.2 Å². The van der Waals surface area contributed by atoms with Crippen LogP contribution >= 0.6 is 11.6 Å². The Morgan fingerprint density at radius 1 is 1.20 bits per heavy atom. The van der Waals surface area contributed by atoms with Crippen molar-refractivity contribution in [2.24, 2.45) is 0 Å². The first-order chi connectivity index (χ1) is 9.54. The summed E-state index contributed by atoms with van der Waals surface area (Å²) in [6.45, 7) is 2.78. The molecule has 20 heavy (non-hydrogen) atoms. The zero-order valence-electron chi connectivity index (χ0n) is 11.7. The third-order valence-electron chi connectivity index (χ3n) is 2.60. The molecule has 0 aliphatic heterocycles. The fraction of sp³-hybridized carbons (Fsp3) is 0.571. The fourth-order valence-corrected chi connectivity index (χ4v) is 1.75. The smallest absolute Gasteiger partial charge is 0.125 e. The number of benzene rings is 1. The van der Waals surface area contributed by atoms with Gasteiger partial charge >= 0.3 is 0 Å². The second-order valence-electron chi connectivity index (χ2n) is 4.39. The first-order valence-electron chi connectivity index (χ1n) is 6.39. The third kappa shape index (κ3) is 6.07. The number of hydrogen-bond acceptors (Lipinski definition) is 5. The molecule has 0 fully saturated rings. The lowest BCUT2D eigenvalue weighted by molar-refractivity contribution is -0.00460. The molecule has 1 aromatic carbocycles. The second kappa shape index (κ2) is 9.15. The Bertz CT molecular complexity index is 397. The van der Waals surface area contributed by atoms with Gasteiger partial charge in [0.2, 0.25) is 0 Å². The number of methoxy groups -OCH3 is 1. The molecule has 0 spiro atoms. The van der Waals surface area contributed by atoms with Crippen molar-refractivity contribution in [2.75, 3.05) is 33.5 Å². The summed E-state index contributed by atoms with van der Waals surface area (Å²) in [6, 6.07) is 4.98. The van der Waals surface area contributed by atoms with Crippen LogP contribution in [0, 0.1) is 0 Å². The molecular weight excluding hydrogens is 284 g/mol. The number of hydrogen-bond donors (Lipinski definition) is 2. The highest BCUT2D eigenvalue weighted by atomic mass is 35.5. The molecule has 1 aromatic rings. The molecule has 2 atom stereocenters. The number of rotatable bonds is 9. The molecule has 0 radical (unpaired) electrons. The summed E-state index contributed by atoms with van der Waals surface area (Å²) < 4.78 is 15.5. The van der Waals surface area contributed by atoms with Gasteiger partial charge in [-0.1, -0.05) is 11.6 Å². The van der Waals surface area contributed by atoms with Crippen LogP contribution in [0.2, 0.25) is 5.02 Å². The highest BCUT2D eigenvalue weighted by Crippen LogP contribution is 2.28. The average molecular weight is 305 g/mol. The molecule has 0 aliphatic rings. The average Bonchev–Trinajstić information content (AvgIpc) is 2.42. The molecule has 0 saturated carbocycles. The van der Waals surface area contributed by atoms with Crippen molar-refractivity contribution in [3.63, 3.8) is 0 Å². The first-order valence-corrected chi connectivity index (χ1v) is 6.77. The SMILES string of the molecule is COCCOCC(O)COc1ccc(Cl)cc1C(C)O. The summed E-state index contributed by atoms with van der Waals surface area (Å²) in [5, 5.41) is 19.9. The van der Waals surface area contributed by atoms with Crippen LogP contribution in [0.3, 0.4) is 0 Å². The predicted molar refractivity (Wildman–Crippen MR) is 76.3 cm³/mol. The Balaban J connectivity index is 2.44. The molecule has 0 saturated heterocycles. The highest BCUT2D eigenvalue weighted by Gasteiger charge is 2.12. The van der Waals surface area contributed by atoms with Crippen LogP contribution in [0.4, 0.5) is 0 Å². The van der Waals surface area contributed by atoms with Crippen molar-refractivity contribution in [1.82, 2.24) is 0 Å². The van der Waals surface area contributed by atoms with E-state index in [-0.39, 0.29) is 13.2 Å². The summed E-state index contributed by atoms with van der Waals surface area (Å²) in [5.41, 5.74) is 0.588. The largest absolute Gasteiger partial charge is 0.490 e. The zero-order chi connectivity index (χ0) is 15.0. The molecule has 5 nitrogen and oxygen atoms in total. The maximum atomic E-state index is 9.71. The molecule has 0 heterocycles. The predicted octanol–water partition coefficient (Wildman–Crippen LogP) is 1.80. The van der Waals surface area contributed by atoms with Crippen LogP contribution in [0.1, 0.15) is 18.6 Å². The van der Waals surface area contributed by atoms with E-state index in [4.69, 9.17) is 25.8 Å². The number of aliphatic hydroxyl groups excluding tert-OH is 2. The molecule has 0 aromatic heterocycles. The molecule has 2 unspecified atom stereocenters. The van der Waals surface area contributed by atoms with Crippen LogP contribution in [0.25, 0.3) is 0 Å². The van der Waals surface area contributed by atoms with E-state index in [1.165, 1.54) is 0 Å². The summed E-state index contributed by atoms with van der Waals surface area (Å²) in [5.74, 6) is 0.500. The number of halogens is 1. The monoisotopic (exact) mass is 304 g/mol. The Morgan fingerprint density at radius 2 is 1.95 bits per heavy atom. The van der Waals surface area contributed by atoms with E-state index < -0.39 is 12.2 Å². The van der Waals surface area contributed by atoms with E-state index in [9.17, 15) is 10.2 Å². The van der Waals surface area contributed by atoms with E-state index in [2.05, 4.69) is 0 Å². The first kappa shape index (κ1) is 17.2. The maximum Gasteiger partial charge on any atom is 0.125 e. The van der Waals surface area contributed by atoms with E-state index in [0.717, 1.165) is 0 Å². The molecule has 6 heteroatoms. The van der Waals surface area contributed by atoms with Gasteiger partial charge in [-0.2, -0.15) is 0 Å². The minimum Gasteiger partial charge on any atom is -0.490 e. The zero-order valence-corrected chi connectivity index (χ0v) is 12.5. The lowest BCUT2D eigenvalue weighted by atomic mass is 10.1. The van der Waals surface area contributed by atoms with Gasteiger partial charge in [0.1, 0.15) is 18.5 Å². The Kier molecular flexibility index (Phi) is 7.87. The van der Waals surface area contributed by atoms with Crippen molar-refractivity contribution in [2.45, 2.75) is 19.1 Å². The highest BCUT2D eigenvalue weighted by molar-refractivity contribution is 6.30. The van der Waals surface area contributed by atoms with E-state index >= 15 is 0 Å². The van der Waals surface area contributed by atoms with Gasteiger partial charge < -0.3 is 24.4 Å². The Labute approximate surface area is 124 Å². The van der Waals surface area contributed by atoms with E-state index in [1.807, 2.05) is 0 Å². The maximum absolute atomic E-state index is 9.71. The molecular formula is C14H21ClO5. The van der Waals surface area contributed by atoms with Gasteiger partial charge in [0.05, 0.1) is 25.9 Å². The molecule has 114 valence electrons. The number of ether oxygens (including phenoxy) is 3. The van der Waals surface area contributed by atoms with Crippen molar-refractivity contribution in [3.8, 4) is 5.75 Å². The normalized spacial score (nSPS) is 14.1. The minimum absolute atomic E-state index is 0.0777. The topological polar surface area (TPSA) is 68.2 Å². The van der Waals surface area contributed by atoms with E-state index in [1.54, 1.807) is 32.2 Å². The second-order valence-corrected chi connectivity index (χ2v) is 4.83. The summed E-state index contributed by atoms with van der Waals surface area (Å²) in [6.07, 6.45) is -1.44. The summed E-state index contributed by atoms with van der Waals surface area (Å²) in [4.78, 5) is 0. The van der Waals surface area contributed by atoms with Crippen LogP contribution in [-0.4, -0.2) is 49.9 Å².